The number of nitro benzene ring substituents is 2. The number of amides is 1. The normalized spacial score (nSPS) is 15.2. The Labute approximate surface area is 221 Å². The summed E-state index contributed by atoms with van der Waals surface area (Å²) < 4.78 is 11.9. The summed E-state index contributed by atoms with van der Waals surface area (Å²) in [5.41, 5.74) is 0.492. The molecule has 1 heterocycles. The third-order valence-electron chi connectivity index (χ3n) is 5.07. The summed E-state index contributed by atoms with van der Waals surface area (Å²) in [7, 11) is 1.43. The van der Waals surface area contributed by atoms with Crippen LogP contribution >= 0.6 is 46.0 Å². The van der Waals surface area contributed by atoms with Crippen LogP contribution in [0, 0.1) is 23.8 Å². The fourth-order valence-corrected chi connectivity index (χ4v) is 5.51. The van der Waals surface area contributed by atoms with Crippen LogP contribution in [0.4, 0.5) is 17.1 Å². The lowest BCUT2D eigenvalue weighted by Gasteiger charge is -2.25. The zero-order valence-corrected chi connectivity index (χ0v) is 21.6. The molecule has 0 radical (unpaired) electrons. The molecule has 1 fully saturated rings. The van der Waals surface area contributed by atoms with Gasteiger partial charge in [-0.3, -0.25) is 29.9 Å². The molecule has 3 aromatic carbocycles. The number of rotatable bonds is 7. The minimum atomic E-state index is -0.749. The Morgan fingerprint density at radius 1 is 1.06 bits per heavy atom. The molecule has 180 valence electrons. The van der Waals surface area contributed by atoms with Crippen LogP contribution in [0.15, 0.2) is 54.6 Å². The Morgan fingerprint density at radius 2 is 1.77 bits per heavy atom. The summed E-state index contributed by atoms with van der Waals surface area (Å²) in [6.45, 7) is 0. The highest BCUT2D eigenvalue weighted by Gasteiger charge is 2.35. The van der Waals surface area contributed by atoms with Gasteiger partial charge in [-0.2, -0.15) is 0 Å². The van der Waals surface area contributed by atoms with Gasteiger partial charge in [0.05, 0.1) is 32.3 Å². The van der Waals surface area contributed by atoms with Crippen molar-refractivity contribution in [3.05, 3.63) is 89.0 Å². The maximum absolute atomic E-state index is 12.7. The highest BCUT2D eigenvalue weighted by molar-refractivity contribution is 14.1. The molecule has 3 aromatic rings. The predicted molar refractivity (Wildman–Crippen MR) is 140 cm³/mol. The van der Waals surface area contributed by atoms with E-state index in [-0.39, 0.29) is 28.5 Å². The summed E-state index contributed by atoms with van der Waals surface area (Å²) in [6.07, 6.45) is 0. The molecule has 4 rings (SSSR count). The number of carbonyl (C=O) groups is 1. The zero-order valence-electron chi connectivity index (χ0n) is 17.8. The first-order valence-electron chi connectivity index (χ1n) is 9.87. The number of methoxy groups -OCH3 is 1. The van der Waals surface area contributed by atoms with Gasteiger partial charge in [-0.1, -0.05) is 11.6 Å². The molecular formula is C22H15ClIN3O7S. The van der Waals surface area contributed by atoms with E-state index >= 15 is 0 Å². The van der Waals surface area contributed by atoms with E-state index in [4.69, 9.17) is 21.1 Å². The second-order valence-corrected chi connectivity index (χ2v) is 9.87. The Morgan fingerprint density at radius 3 is 2.40 bits per heavy atom. The van der Waals surface area contributed by atoms with Crippen LogP contribution in [0.3, 0.4) is 0 Å². The molecule has 0 aliphatic carbocycles. The lowest BCUT2D eigenvalue weighted by Crippen LogP contribution is -2.27. The maximum Gasteiger partial charge on any atom is 0.318 e. The number of non-ortho nitro benzene ring substituents is 1. The van der Waals surface area contributed by atoms with E-state index in [0.29, 0.717) is 20.0 Å². The molecule has 0 spiro atoms. The van der Waals surface area contributed by atoms with Crippen molar-refractivity contribution in [2.45, 2.75) is 5.37 Å². The molecule has 35 heavy (non-hydrogen) atoms. The number of halogens is 2. The van der Waals surface area contributed by atoms with Gasteiger partial charge in [0, 0.05) is 16.8 Å². The van der Waals surface area contributed by atoms with Gasteiger partial charge < -0.3 is 9.47 Å². The summed E-state index contributed by atoms with van der Waals surface area (Å²) in [5.74, 6) is 0.562. The van der Waals surface area contributed by atoms with Gasteiger partial charge in [0.25, 0.3) is 5.69 Å². The third-order valence-corrected chi connectivity index (χ3v) is 7.34. The van der Waals surface area contributed by atoms with Crippen molar-refractivity contribution in [1.29, 1.82) is 0 Å². The fraction of sp³-hybridized carbons (Fsp3) is 0.136. The molecule has 0 aromatic heterocycles. The van der Waals surface area contributed by atoms with Gasteiger partial charge in [-0.25, -0.2) is 0 Å². The third kappa shape index (κ3) is 5.13. The molecule has 0 saturated carbocycles. The molecule has 10 nitrogen and oxygen atoms in total. The van der Waals surface area contributed by atoms with Crippen molar-refractivity contribution in [2.75, 3.05) is 17.8 Å². The van der Waals surface area contributed by atoms with Crippen molar-refractivity contribution in [3.63, 3.8) is 0 Å². The predicted octanol–water partition coefficient (Wildman–Crippen LogP) is 6.34. The van der Waals surface area contributed by atoms with E-state index in [2.05, 4.69) is 0 Å². The second-order valence-electron chi connectivity index (χ2n) is 7.21. The molecule has 1 atom stereocenters. The van der Waals surface area contributed by atoms with Gasteiger partial charge in [0.15, 0.2) is 11.5 Å². The lowest BCUT2D eigenvalue weighted by molar-refractivity contribution is -0.394. The molecule has 1 amide bonds. The fourth-order valence-electron chi connectivity index (χ4n) is 3.49. The van der Waals surface area contributed by atoms with E-state index < -0.39 is 21.2 Å². The summed E-state index contributed by atoms with van der Waals surface area (Å²) in [6, 6.07) is 13.6. The largest absolute Gasteiger partial charge is 0.493 e. The van der Waals surface area contributed by atoms with E-state index in [9.17, 15) is 25.0 Å². The van der Waals surface area contributed by atoms with Gasteiger partial charge >= 0.3 is 5.69 Å². The Hall–Kier alpha value is -3.10. The number of nitrogens with zero attached hydrogens (tertiary/aromatic N) is 3. The molecular weight excluding hydrogens is 613 g/mol. The minimum Gasteiger partial charge on any atom is -0.493 e. The van der Waals surface area contributed by atoms with Gasteiger partial charge in [-0.05, 0) is 70.6 Å². The van der Waals surface area contributed by atoms with Crippen molar-refractivity contribution in [1.82, 2.24) is 0 Å². The van der Waals surface area contributed by atoms with Crippen LogP contribution < -0.4 is 14.4 Å². The van der Waals surface area contributed by atoms with E-state index in [1.165, 1.54) is 24.9 Å². The minimum absolute atomic E-state index is 0.0573. The van der Waals surface area contributed by atoms with E-state index in [1.54, 1.807) is 41.3 Å². The van der Waals surface area contributed by atoms with Crippen LogP contribution in [0.2, 0.25) is 5.02 Å². The van der Waals surface area contributed by atoms with Crippen LogP contribution in [0.25, 0.3) is 0 Å². The monoisotopic (exact) mass is 627 g/mol. The first-order chi connectivity index (χ1) is 16.7. The van der Waals surface area contributed by atoms with Crippen LogP contribution in [-0.4, -0.2) is 28.6 Å². The zero-order chi connectivity index (χ0) is 25.3. The standard InChI is InChI=1S/C22H15ClIN3O7S/c1-33-19-9-12(22-25(20(28)11-35-22)14-4-2-13(23)3-5-14)8-16(24)21(19)34-18-7-6-15(26(29)30)10-17(18)27(31)32/h2-10,22H,11H2,1H3/t22-/m0/s1. The van der Waals surface area contributed by atoms with Gasteiger partial charge in [0.2, 0.25) is 11.7 Å². The second kappa shape index (κ2) is 10.3. The highest BCUT2D eigenvalue weighted by Crippen LogP contribution is 2.47. The summed E-state index contributed by atoms with van der Waals surface area (Å²) in [4.78, 5) is 35.4. The topological polar surface area (TPSA) is 125 Å². The number of ether oxygens (including phenoxy) is 2. The van der Waals surface area contributed by atoms with Gasteiger partial charge in [-0.15, -0.1) is 11.8 Å². The first-order valence-corrected chi connectivity index (χ1v) is 12.4. The van der Waals surface area contributed by atoms with Crippen molar-refractivity contribution in [2.24, 2.45) is 0 Å². The smallest absolute Gasteiger partial charge is 0.318 e. The van der Waals surface area contributed by atoms with Crippen LogP contribution in [0.1, 0.15) is 10.9 Å². The summed E-state index contributed by atoms with van der Waals surface area (Å²) >= 11 is 9.45. The number of benzene rings is 3. The Kier molecular flexibility index (Phi) is 7.33. The average molecular weight is 628 g/mol. The lowest BCUT2D eigenvalue weighted by atomic mass is 10.1. The summed E-state index contributed by atoms with van der Waals surface area (Å²) in [5, 5.41) is 22.7. The quantitative estimate of drug-likeness (QED) is 0.169. The molecule has 0 bridgehead atoms. The number of thioether (sulfide) groups is 1. The number of carbonyl (C=O) groups excluding carboxylic acids is 1. The molecule has 0 unspecified atom stereocenters. The number of nitro groups is 2. The molecule has 1 aliphatic heterocycles. The Balaban J connectivity index is 1.72. The van der Waals surface area contributed by atoms with Gasteiger partial charge in [0.1, 0.15) is 5.37 Å². The molecule has 1 saturated heterocycles. The van der Waals surface area contributed by atoms with E-state index in [1.807, 2.05) is 22.6 Å². The molecule has 1 aliphatic rings. The molecule has 13 heteroatoms. The first kappa shape index (κ1) is 25.0. The highest BCUT2D eigenvalue weighted by atomic mass is 127. The SMILES string of the molecule is COc1cc([C@@H]2SCC(=O)N2c2ccc(Cl)cc2)cc(I)c1Oc1ccc([N+](=O)[O-])cc1[N+](=O)[O-]. The van der Waals surface area contributed by atoms with Crippen LogP contribution in [-0.2, 0) is 4.79 Å². The molecule has 0 N–H and O–H groups in total. The van der Waals surface area contributed by atoms with E-state index in [0.717, 1.165) is 17.7 Å². The van der Waals surface area contributed by atoms with Crippen molar-refractivity contribution in [3.8, 4) is 17.2 Å². The maximum atomic E-state index is 12.7. The van der Waals surface area contributed by atoms with Crippen molar-refractivity contribution < 1.29 is 24.1 Å². The van der Waals surface area contributed by atoms with Crippen LogP contribution in [0.5, 0.6) is 17.2 Å². The number of hydrogen-bond acceptors (Lipinski definition) is 8. The van der Waals surface area contributed by atoms with Crippen molar-refractivity contribution >= 4 is 68.9 Å². The number of anilines is 1. The Bertz CT molecular complexity index is 1340. The number of hydrogen-bond donors (Lipinski definition) is 0. The average Bonchev–Trinajstić information content (AvgIpc) is 3.21.